The Morgan fingerprint density at radius 3 is 2.54 bits per heavy atom. The second-order valence-corrected chi connectivity index (χ2v) is 12.6. The Morgan fingerprint density at radius 1 is 1.07 bits per heavy atom. The maximum atomic E-state index is 13.2. The molecule has 1 aliphatic heterocycles. The molecule has 4 aromatic rings. The third-order valence-electron chi connectivity index (χ3n) is 8.48. The molecular formula is C36H39N7O2S. The Kier molecular flexibility index (Phi) is 9.83. The second-order valence-electron chi connectivity index (χ2n) is 11.5. The molecule has 1 atom stereocenters. The largest absolute Gasteiger partial charge is 0.368 e. The summed E-state index contributed by atoms with van der Waals surface area (Å²) in [7, 11) is 0. The average molecular weight is 634 g/mol. The monoisotopic (exact) mass is 633 g/mol. The molecule has 46 heavy (non-hydrogen) atoms. The summed E-state index contributed by atoms with van der Waals surface area (Å²) in [6.45, 7) is 6.98. The minimum absolute atomic E-state index is 0.0564. The predicted octanol–water partition coefficient (Wildman–Crippen LogP) is 6.56. The first-order valence-corrected chi connectivity index (χ1v) is 16.7. The summed E-state index contributed by atoms with van der Waals surface area (Å²) < 4.78 is 0. The quantitative estimate of drug-likeness (QED) is 0.160. The van der Waals surface area contributed by atoms with Crippen LogP contribution < -0.4 is 10.2 Å². The number of thiophene rings is 1. The topological polar surface area (TPSA) is 107 Å². The van der Waals surface area contributed by atoms with Crippen LogP contribution in [0.4, 0.5) is 5.69 Å². The highest BCUT2D eigenvalue weighted by atomic mass is 32.1. The molecule has 0 radical (unpaired) electrons. The van der Waals surface area contributed by atoms with Crippen LogP contribution in [0.15, 0.2) is 90.8 Å². The summed E-state index contributed by atoms with van der Waals surface area (Å²) in [6, 6.07) is 12.1. The maximum Gasteiger partial charge on any atom is 0.261 e. The number of H-pyrrole nitrogens is 1. The zero-order chi connectivity index (χ0) is 31.9. The maximum absolute atomic E-state index is 13.2. The van der Waals surface area contributed by atoms with Crippen LogP contribution in [0, 0.1) is 0 Å². The molecular weight excluding hydrogens is 595 g/mol. The van der Waals surface area contributed by atoms with Crippen LogP contribution in [-0.4, -0.2) is 69.1 Å². The van der Waals surface area contributed by atoms with E-state index in [1.54, 1.807) is 12.4 Å². The molecule has 0 spiro atoms. The van der Waals surface area contributed by atoms with Crippen molar-refractivity contribution in [2.24, 2.45) is 0 Å². The van der Waals surface area contributed by atoms with E-state index < -0.39 is 0 Å². The van der Waals surface area contributed by atoms with Gasteiger partial charge in [0.15, 0.2) is 5.82 Å². The number of rotatable bonds is 9. The summed E-state index contributed by atoms with van der Waals surface area (Å²) >= 11 is 1.42. The highest BCUT2D eigenvalue weighted by Crippen LogP contribution is 2.31. The number of allylic oxidation sites excluding steroid dienone is 6. The van der Waals surface area contributed by atoms with Crippen LogP contribution in [0.25, 0.3) is 27.2 Å². The standard InChI is InChI=1S/C36H39N7O2S/c1-3-5-8-26(7-4-2)33-30-24-31(46-36(30)41-40-33)35(45)39-28-13-9-25(10-14-28)23-32(44)43-21-19-42(20-22-43)29-15-11-27(12-16-29)34-37-17-6-18-38-34/h3-9,11-12,15-18,24,28H,10,13-14,19-23H2,1-2H3,(H,39,45)(H,40,41)/b5-3+,7-4-,26-8+. The molecule has 1 unspecified atom stereocenters. The molecule has 2 amide bonds. The van der Waals surface area contributed by atoms with Gasteiger partial charge in [-0.05, 0) is 69.5 Å². The zero-order valence-electron chi connectivity index (χ0n) is 26.3. The molecule has 1 saturated heterocycles. The van der Waals surface area contributed by atoms with E-state index in [0.29, 0.717) is 24.4 Å². The normalized spacial score (nSPS) is 17.7. The number of aromatic nitrogens is 4. The van der Waals surface area contributed by atoms with Crippen molar-refractivity contribution < 1.29 is 9.59 Å². The Labute approximate surface area is 273 Å². The molecule has 4 heterocycles. The fourth-order valence-corrected chi connectivity index (χ4v) is 6.87. The van der Waals surface area contributed by atoms with Gasteiger partial charge in [-0.25, -0.2) is 9.97 Å². The number of piperazine rings is 1. The molecule has 0 saturated carbocycles. The number of nitrogens with one attached hydrogen (secondary N) is 2. The summed E-state index contributed by atoms with van der Waals surface area (Å²) in [5, 5.41) is 11.7. The van der Waals surface area contributed by atoms with Crippen molar-refractivity contribution in [1.29, 1.82) is 0 Å². The van der Waals surface area contributed by atoms with Crippen LogP contribution >= 0.6 is 11.3 Å². The third-order valence-corrected chi connectivity index (χ3v) is 9.51. The fraction of sp³-hybridized carbons (Fsp3) is 0.306. The van der Waals surface area contributed by atoms with Gasteiger partial charge in [-0.15, -0.1) is 11.3 Å². The van der Waals surface area contributed by atoms with Gasteiger partial charge in [-0.2, -0.15) is 5.10 Å². The van der Waals surface area contributed by atoms with Gasteiger partial charge in [0.25, 0.3) is 5.91 Å². The number of hydrogen-bond acceptors (Lipinski definition) is 7. The van der Waals surface area contributed by atoms with E-state index in [-0.39, 0.29) is 17.9 Å². The van der Waals surface area contributed by atoms with Crippen LogP contribution in [-0.2, 0) is 4.79 Å². The van der Waals surface area contributed by atoms with Crippen molar-refractivity contribution in [2.45, 2.75) is 45.6 Å². The number of carbonyl (C=O) groups excluding carboxylic acids is 2. The van der Waals surface area contributed by atoms with E-state index in [1.807, 2.05) is 73.4 Å². The third kappa shape index (κ3) is 7.18. The van der Waals surface area contributed by atoms with E-state index in [0.717, 1.165) is 70.9 Å². The summed E-state index contributed by atoms with van der Waals surface area (Å²) in [5.41, 5.74) is 5.13. The molecule has 1 aromatic carbocycles. The van der Waals surface area contributed by atoms with Gasteiger partial charge in [-0.3, -0.25) is 14.7 Å². The minimum atomic E-state index is -0.0654. The molecule has 6 rings (SSSR count). The molecule has 3 aromatic heterocycles. The highest BCUT2D eigenvalue weighted by Gasteiger charge is 2.25. The molecule has 0 bridgehead atoms. The van der Waals surface area contributed by atoms with E-state index >= 15 is 0 Å². The van der Waals surface area contributed by atoms with E-state index in [9.17, 15) is 9.59 Å². The van der Waals surface area contributed by atoms with Crippen molar-refractivity contribution in [3.05, 3.63) is 101 Å². The van der Waals surface area contributed by atoms with Gasteiger partial charge in [0.1, 0.15) is 10.5 Å². The molecule has 10 heteroatoms. The first-order valence-electron chi connectivity index (χ1n) is 15.8. The van der Waals surface area contributed by atoms with Gasteiger partial charge in [-0.1, -0.05) is 42.0 Å². The number of fused-ring (bicyclic) bond motifs is 1. The number of amides is 2. The lowest BCUT2D eigenvalue weighted by molar-refractivity contribution is -0.130. The van der Waals surface area contributed by atoms with Gasteiger partial charge in [0, 0.05) is 73.2 Å². The van der Waals surface area contributed by atoms with Crippen molar-refractivity contribution in [3.8, 4) is 11.4 Å². The molecule has 1 fully saturated rings. The van der Waals surface area contributed by atoms with Gasteiger partial charge < -0.3 is 15.1 Å². The number of carbonyl (C=O) groups is 2. The summed E-state index contributed by atoms with van der Waals surface area (Å²) in [4.78, 5) is 40.8. The fourth-order valence-electron chi connectivity index (χ4n) is 5.97. The Hall–Kier alpha value is -4.83. The second kappa shape index (κ2) is 14.5. The van der Waals surface area contributed by atoms with Gasteiger partial charge in [0.2, 0.25) is 5.91 Å². The molecule has 9 nitrogen and oxygen atoms in total. The number of anilines is 1. The Morgan fingerprint density at radius 2 is 1.85 bits per heavy atom. The Balaban J connectivity index is 0.980. The predicted molar refractivity (Wildman–Crippen MR) is 186 cm³/mol. The lowest BCUT2D eigenvalue weighted by Crippen LogP contribution is -2.48. The van der Waals surface area contributed by atoms with Crippen molar-refractivity contribution in [1.82, 2.24) is 30.4 Å². The molecule has 2 aliphatic rings. The SMILES string of the molecule is C\C=C/C(=C\C=C\C)c1n[nH]c2sc(C(=O)NC3CC=C(CC(=O)N4CCN(c5ccc(-c6ncccn6)cc5)CC4)CC3)cc12. The van der Waals surface area contributed by atoms with Crippen molar-refractivity contribution >= 4 is 44.6 Å². The number of nitrogens with zero attached hydrogens (tertiary/aromatic N) is 5. The smallest absolute Gasteiger partial charge is 0.261 e. The molecule has 2 N–H and O–H groups in total. The van der Waals surface area contributed by atoms with Crippen LogP contribution in [0.2, 0.25) is 0 Å². The lowest BCUT2D eigenvalue weighted by Gasteiger charge is -2.36. The minimum Gasteiger partial charge on any atom is -0.368 e. The molecule has 1 aliphatic carbocycles. The summed E-state index contributed by atoms with van der Waals surface area (Å²) in [6.07, 6.45) is 18.5. The van der Waals surface area contributed by atoms with Crippen LogP contribution in [0.5, 0.6) is 0 Å². The Bertz CT molecular complexity index is 1790. The number of benzene rings is 1. The van der Waals surface area contributed by atoms with Crippen molar-refractivity contribution in [2.75, 3.05) is 31.1 Å². The lowest BCUT2D eigenvalue weighted by atomic mass is 9.93. The number of aromatic amines is 1. The first-order chi connectivity index (χ1) is 22.5. The summed E-state index contributed by atoms with van der Waals surface area (Å²) in [5.74, 6) is 0.836. The average Bonchev–Trinajstić information content (AvgIpc) is 3.70. The highest BCUT2D eigenvalue weighted by molar-refractivity contribution is 7.20. The van der Waals surface area contributed by atoms with E-state index in [1.165, 1.54) is 16.9 Å². The van der Waals surface area contributed by atoms with Crippen LogP contribution in [0.1, 0.15) is 54.9 Å². The zero-order valence-corrected chi connectivity index (χ0v) is 27.1. The molecule has 236 valence electrons. The number of hydrogen-bond donors (Lipinski definition) is 2. The van der Waals surface area contributed by atoms with Crippen LogP contribution in [0.3, 0.4) is 0 Å². The van der Waals surface area contributed by atoms with Gasteiger partial charge >= 0.3 is 0 Å². The van der Waals surface area contributed by atoms with E-state index in [2.05, 4.69) is 48.6 Å². The van der Waals surface area contributed by atoms with Gasteiger partial charge in [0.05, 0.1) is 4.88 Å². The first kappa shape index (κ1) is 31.2. The van der Waals surface area contributed by atoms with E-state index in [4.69, 9.17) is 0 Å². The van der Waals surface area contributed by atoms with Crippen molar-refractivity contribution in [3.63, 3.8) is 0 Å².